The fourth-order valence-corrected chi connectivity index (χ4v) is 3.67. The Morgan fingerprint density at radius 2 is 1.50 bits per heavy atom. The van der Waals surface area contributed by atoms with Crippen molar-refractivity contribution in [2.75, 3.05) is 40.4 Å². The van der Waals surface area contributed by atoms with Crippen molar-refractivity contribution in [3.63, 3.8) is 0 Å². The first-order valence-corrected chi connectivity index (χ1v) is 9.88. The van der Waals surface area contributed by atoms with E-state index in [-0.39, 0.29) is 10.6 Å². The molecule has 0 saturated carbocycles. The zero-order chi connectivity index (χ0) is 20.1. The van der Waals surface area contributed by atoms with Crippen LogP contribution in [-0.4, -0.2) is 55.1 Å². The molecule has 28 heavy (non-hydrogen) atoms. The van der Waals surface area contributed by atoms with Crippen LogP contribution in [0.25, 0.3) is 0 Å². The van der Waals surface area contributed by atoms with Crippen molar-refractivity contribution >= 4 is 21.6 Å². The largest absolute Gasteiger partial charge is 0.493 e. The molecule has 0 radical (unpaired) electrons. The van der Waals surface area contributed by atoms with Crippen molar-refractivity contribution in [3.05, 3.63) is 62.1 Å². The van der Waals surface area contributed by atoms with E-state index in [1.165, 1.54) is 25.8 Å². The summed E-state index contributed by atoms with van der Waals surface area (Å²) < 4.78 is 11.6. The molecule has 7 nitrogen and oxygen atoms in total. The van der Waals surface area contributed by atoms with Crippen molar-refractivity contribution < 1.29 is 14.4 Å². The molecule has 2 aromatic carbocycles. The van der Waals surface area contributed by atoms with E-state index >= 15 is 0 Å². The number of halogens is 1. The van der Waals surface area contributed by atoms with E-state index in [4.69, 9.17) is 9.47 Å². The van der Waals surface area contributed by atoms with Crippen LogP contribution in [0.15, 0.2) is 40.9 Å². The van der Waals surface area contributed by atoms with Crippen LogP contribution in [0.2, 0.25) is 0 Å². The van der Waals surface area contributed by atoms with Crippen molar-refractivity contribution in [1.29, 1.82) is 0 Å². The molecule has 1 heterocycles. The highest BCUT2D eigenvalue weighted by Crippen LogP contribution is 2.35. The van der Waals surface area contributed by atoms with Gasteiger partial charge in [-0.15, -0.1) is 0 Å². The molecule has 8 heteroatoms. The number of piperazine rings is 1. The minimum absolute atomic E-state index is 0.0648. The molecule has 0 amide bonds. The number of hydrogen-bond donors (Lipinski definition) is 0. The van der Waals surface area contributed by atoms with E-state index < -0.39 is 0 Å². The zero-order valence-electron chi connectivity index (χ0n) is 16.1. The van der Waals surface area contributed by atoms with E-state index in [0.717, 1.165) is 37.2 Å². The van der Waals surface area contributed by atoms with Crippen molar-refractivity contribution in [2.45, 2.75) is 13.1 Å². The number of nitro benzene ring substituents is 1. The average Bonchev–Trinajstić information content (AvgIpc) is 2.70. The van der Waals surface area contributed by atoms with E-state index in [0.29, 0.717) is 23.6 Å². The summed E-state index contributed by atoms with van der Waals surface area (Å²) in [7, 11) is 3.01. The smallest absolute Gasteiger partial charge is 0.277 e. The zero-order valence-corrected chi connectivity index (χ0v) is 17.6. The summed E-state index contributed by atoms with van der Waals surface area (Å²) in [5.74, 6) is 0.884. The molecule has 2 aromatic rings. The average molecular weight is 450 g/mol. The van der Waals surface area contributed by atoms with Gasteiger partial charge >= 0.3 is 0 Å². The molecule has 0 aliphatic carbocycles. The van der Waals surface area contributed by atoms with Crippen LogP contribution in [-0.2, 0) is 13.1 Å². The summed E-state index contributed by atoms with van der Waals surface area (Å²) >= 11 is 3.46. The highest BCUT2D eigenvalue weighted by atomic mass is 79.9. The van der Waals surface area contributed by atoms with E-state index in [1.807, 2.05) is 0 Å². The lowest BCUT2D eigenvalue weighted by molar-refractivity contribution is -0.385. The number of nitro groups is 1. The van der Waals surface area contributed by atoms with Gasteiger partial charge in [0, 0.05) is 49.3 Å². The fourth-order valence-electron chi connectivity index (χ4n) is 3.40. The van der Waals surface area contributed by atoms with Crippen LogP contribution >= 0.6 is 15.9 Å². The Kier molecular flexibility index (Phi) is 6.88. The maximum atomic E-state index is 11.5. The summed E-state index contributed by atoms with van der Waals surface area (Å²) in [6.07, 6.45) is 0. The number of nitrogens with zero attached hydrogens (tertiary/aromatic N) is 3. The van der Waals surface area contributed by atoms with Crippen molar-refractivity contribution in [2.24, 2.45) is 0 Å². The van der Waals surface area contributed by atoms with Gasteiger partial charge in [0.25, 0.3) is 5.69 Å². The Morgan fingerprint density at radius 1 is 0.964 bits per heavy atom. The number of rotatable bonds is 7. The van der Waals surface area contributed by atoms with Gasteiger partial charge in [-0.25, -0.2) is 0 Å². The first kappa shape index (κ1) is 20.6. The summed E-state index contributed by atoms with van der Waals surface area (Å²) in [5.41, 5.74) is 1.99. The minimum atomic E-state index is -0.360. The molecule has 0 bridgehead atoms. The Hall–Kier alpha value is -2.16. The molecular weight excluding hydrogens is 426 g/mol. The van der Waals surface area contributed by atoms with Crippen LogP contribution in [0.1, 0.15) is 11.1 Å². The number of methoxy groups -OCH3 is 2. The van der Waals surface area contributed by atoms with Gasteiger partial charge < -0.3 is 9.47 Å². The molecule has 0 atom stereocenters. The van der Waals surface area contributed by atoms with Gasteiger partial charge in [0.05, 0.1) is 25.2 Å². The molecule has 0 spiro atoms. The van der Waals surface area contributed by atoms with Gasteiger partial charge in [-0.1, -0.05) is 28.1 Å². The summed E-state index contributed by atoms with van der Waals surface area (Å²) in [6, 6.07) is 11.5. The molecule has 0 N–H and O–H groups in total. The Balaban J connectivity index is 1.64. The maximum Gasteiger partial charge on any atom is 0.277 e. The summed E-state index contributed by atoms with van der Waals surface area (Å²) in [5, 5.41) is 11.5. The highest BCUT2D eigenvalue weighted by molar-refractivity contribution is 9.10. The summed E-state index contributed by atoms with van der Waals surface area (Å²) in [6.45, 7) is 5.01. The van der Waals surface area contributed by atoms with Crippen LogP contribution < -0.4 is 9.47 Å². The Labute approximate surface area is 173 Å². The normalized spacial score (nSPS) is 15.4. The topological polar surface area (TPSA) is 68.1 Å². The summed E-state index contributed by atoms with van der Waals surface area (Å²) in [4.78, 5) is 15.8. The molecule has 1 aliphatic heterocycles. The lowest BCUT2D eigenvalue weighted by atomic mass is 10.1. The molecule has 0 unspecified atom stereocenters. The monoisotopic (exact) mass is 449 g/mol. The van der Waals surface area contributed by atoms with Gasteiger partial charge in [0.1, 0.15) is 0 Å². The molecule has 150 valence electrons. The van der Waals surface area contributed by atoms with E-state index in [1.54, 1.807) is 6.07 Å². The van der Waals surface area contributed by atoms with Gasteiger partial charge in [0.2, 0.25) is 0 Å². The number of ether oxygens (including phenoxy) is 2. The predicted octanol–water partition coefficient (Wildman–Crippen LogP) is 3.69. The number of hydrogen-bond acceptors (Lipinski definition) is 6. The maximum absolute atomic E-state index is 11.5. The molecule has 0 aromatic heterocycles. The molecular formula is C20H24BrN3O4. The van der Waals surface area contributed by atoms with Crippen LogP contribution in [0, 0.1) is 10.1 Å². The van der Waals surface area contributed by atoms with Crippen LogP contribution in [0.3, 0.4) is 0 Å². The molecule has 1 saturated heterocycles. The highest BCUT2D eigenvalue weighted by Gasteiger charge is 2.23. The van der Waals surface area contributed by atoms with Gasteiger partial charge in [-0.2, -0.15) is 0 Å². The molecule has 1 aliphatic rings. The minimum Gasteiger partial charge on any atom is -0.493 e. The Morgan fingerprint density at radius 3 is 2.04 bits per heavy atom. The Bertz CT molecular complexity index is 821. The third-order valence-electron chi connectivity index (χ3n) is 4.96. The SMILES string of the molecule is COc1cc(CN2CCN(Cc3ccc(Br)cc3)CC2)c([N+](=O)[O-])cc1OC. The third-order valence-corrected chi connectivity index (χ3v) is 5.49. The quantitative estimate of drug-likeness (QED) is 0.474. The van der Waals surface area contributed by atoms with Crippen LogP contribution in [0.5, 0.6) is 11.5 Å². The second-order valence-corrected chi connectivity index (χ2v) is 7.69. The van der Waals surface area contributed by atoms with Gasteiger partial charge in [0.15, 0.2) is 11.5 Å². The van der Waals surface area contributed by atoms with E-state index in [2.05, 4.69) is 50.0 Å². The molecule has 3 rings (SSSR count). The first-order chi connectivity index (χ1) is 13.5. The number of benzene rings is 2. The van der Waals surface area contributed by atoms with Crippen molar-refractivity contribution in [3.8, 4) is 11.5 Å². The third kappa shape index (κ3) is 5.01. The molecule has 1 fully saturated rings. The van der Waals surface area contributed by atoms with Gasteiger partial charge in [-0.05, 0) is 23.8 Å². The fraction of sp³-hybridized carbons (Fsp3) is 0.400. The lowest BCUT2D eigenvalue weighted by Crippen LogP contribution is -2.45. The second-order valence-electron chi connectivity index (χ2n) is 6.77. The second kappa shape index (κ2) is 9.36. The van der Waals surface area contributed by atoms with E-state index in [9.17, 15) is 10.1 Å². The van der Waals surface area contributed by atoms with Crippen molar-refractivity contribution in [1.82, 2.24) is 9.80 Å². The van der Waals surface area contributed by atoms with Crippen LogP contribution in [0.4, 0.5) is 5.69 Å². The predicted molar refractivity (Wildman–Crippen MR) is 111 cm³/mol. The lowest BCUT2D eigenvalue weighted by Gasteiger charge is -2.34. The van der Waals surface area contributed by atoms with Gasteiger partial charge in [-0.3, -0.25) is 19.9 Å². The first-order valence-electron chi connectivity index (χ1n) is 9.08. The standard InChI is InChI=1S/C20H24BrN3O4/c1-27-19-11-16(18(24(25)26)12-20(19)28-2)14-23-9-7-22(8-10-23)13-15-3-5-17(21)6-4-15/h3-6,11-12H,7-10,13-14H2,1-2H3.